The summed E-state index contributed by atoms with van der Waals surface area (Å²) in [7, 11) is 0. The van der Waals surface area contributed by atoms with Gasteiger partial charge in [0.2, 0.25) is 0 Å². The van der Waals surface area contributed by atoms with Gasteiger partial charge in [-0.05, 0) is 0 Å². The monoisotopic (exact) mass is 376 g/mol. The number of carbonyl (C=O) groups excluding carboxylic acids is 2. The molecule has 144 valence electrons. The Balaban J connectivity index is 2.50. The number of alkyl halides is 2. The van der Waals surface area contributed by atoms with E-state index in [1.807, 2.05) is 4.98 Å². The molecule has 0 radical (unpaired) electrons. The Hall–Kier alpha value is -2.56. The molecule has 1 aromatic rings. The van der Waals surface area contributed by atoms with E-state index in [0.717, 1.165) is 30.7 Å². The number of H-pyrrole nitrogens is 1. The maximum absolute atomic E-state index is 13.9. The van der Waals surface area contributed by atoms with Crippen molar-refractivity contribution in [3.63, 3.8) is 0 Å². The van der Waals surface area contributed by atoms with Crippen molar-refractivity contribution < 1.29 is 32.6 Å². The smallest absolute Gasteiger partial charge is 0.330 e. The Kier molecular flexibility index (Phi) is 5.90. The van der Waals surface area contributed by atoms with Crippen molar-refractivity contribution in [2.24, 2.45) is 5.92 Å². The van der Waals surface area contributed by atoms with Crippen molar-refractivity contribution in [1.82, 2.24) is 9.55 Å². The maximum atomic E-state index is 13.9. The van der Waals surface area contributed by atoms with Gasteiger partial charge in [0.1, 0.15) is 32.3 Å². The molecule has 1 aromatic heterocycles. The Bertz CT molecular complexity index is 793. The zero-order valence-electron chi connectivity index (χ0n) is 14.1. The molecular formula is C15H18F2N2O7. The molecule has 0 bridgehead atoms. The van der Waals surface area contributed by atoms with Gasteiger partial charge in [0.05, 0.1) is 5.92 Å². The van der Waals surface area contributed by atoms with Crippen LogP contribution in [0.1, 0.15) is 20.1 Å². The number of halogens is 2. The summed E-state index contributed by atoms with van der Waals surface area (Å²) in [5, 5.41) is 0. The van der Waals surface area contributed by atoms with Crippen LogP contribution in [0.3, 0.4) is 0 Å². The van der Waals surface area contributed by atoms with E-state index in [0.29, 0.717) is 0 Å². The molecule has 1 saturated heterocycles. The first-order chi connectivity index (χ1) is 12.2. The van der Waals surface area contributed by atoms with E-state index < -0.39 is 67.0 Å². The molecule has 0 saturated carbocycles. The van der Waals surface area contributed by atoms with Crippen molar-refractivity contribution in [2.45, 2.75) is 31.8 Å². The molecule has 1 N–H and O–H groups in total. The fourth-order valence-corrected chi connectivity index (χ4v) is 2.84. The van der Waals surface area contributed by atoms with Crippen LogP contribution in [0.2, 0.25) is 0 Å². The van der Waals surface area contributed by atoms with Gasteiger partial charge < -0.3 is 14.2 Å². The van der Waals surface area contributed by atoms with E-state index in [9.17, 15) is 28.0 Å². The summed E-state index contributed by atoms with van der Waals surface area (Å²) in [5.74, 6) is -2.84. The van der Waals surface area contributed by atoms with Crippen molar-refractivity contribution in [3.05, 3.63) is 33.1 Å². The number of hydrogen-bond acceptors (Lipinski definition) is 7. The zero-order valence-corrected chi connectivity index (χ0v) is 14.1. The number of carbonyl (C=O) groups is 2. The first-order valence-electron chi connectivity index (χ1n) is 7.66. The van der Waals surface area contributed by atoms with Crippen LogP contribution in [-0.2, 0) is 23.8 Å². The number of aromatic amines is 1. The summed E-state index contributed by atoms with van der Waals surface area (Å²) in [5.41, 5.74) is -3.59. The highest BCUT2D eigenvalue weighted by Gasteiger charge is 2.59. The van der Waals surface area contributed by atoms with E-state index in [1.54, 1.807) is 0 Å². The van der Waals surface area contributed by atoms with Crippen molar-refractivity contribution in [3.8, 4) is 0 Å². The SMILES string of the molecule is CC(=O)OCC1(CF)O[C@@H](n2ccc(=O)[nH]c2=O)[C@@H](CF)[C@@H]1OC(C)=O. The van der Waals surface area contributed by atoms with Crippen LogP contribution in [0.15, 0.2) is 21.9 Å². The number of nitrogens with zero attached hydrogens (tertiary/aromatic N) is 1. The van der Waals surface area contributed by atoms with Crippen LogP contribution in [0.4, 0.5) is 8.78 Å². The fraction of sp³-hybridized carbons (Fsp3) is 0.600. The second-order valence-electron chi connectivity index (χ2n) is 5.85. The van der Waals surface area contributed by atoms with E-state index in [4.69, 9.17) is 14.2 Å². The highest BCUT2D eigenvalue weighted by atomic mass is 19.1. The minimum atomic E-state index is -1.99. The third kappa shape index (κ3) is 3.82. The van der Waals surface area contributed by atoms with Crippen LogP contribution in [0, 0.1) is 5.92 Å². The lowest BCUT2D eigenvalue weighted by Gasteiger charge is -2.31. The highest BCUT2D eigenvalue weighted by molar-refractivity contribution is 5.67. The fourth-order valence-electron chi connectivity index (χ4n) is 2.84. The topological polar surface area (TPSA) is 117 Å². The summed E-state index contributed by atoms with van der Waals surface area (Å²) < 4.78 is 43.9. The molecule has 0 aliphatic carbocycles. The second-order valence-corrected chi connectivity index (χ2v) is 5.85. The molecule has 2 rings (SSSR count). The zero-order chi connectivity index (χ0) is 19.5. The van der Waals surface area contributed by atoms with E-state index in [1.165, 1.54) is 0 Å². The molecule has 4 atom stereocenters. The van der Waals surface area contributed by atoms with Gasteiger partial charge in [-0.15, -0.1) is 0 Å². The molecule has 0 spiro atoms. The second kappa shape index (κ2) is 7.77. The Morgan fingerprint density at radius 1 is 1.31 bits per heavy atom. The van der Waals surface area contributed by atoms with Crippen molar-refractivity contribution >= 4 is 11.9 Å². The minimum Gasteiger partial charge on any atom is -0.463 e. The summed E-state index contributed by atoms with van der Waals surface area (Å²) in [6, 6.07) is 1.00. The molecule has 2 heterocycles. The van der Waals surface area contributed by atoms with Crippen LogP contribution in [0.5, 0.6) is 0 Å². The Morgan fingerprint density at radius 2 is 2.00 bits per heavy atom. The molecule has 1 aliphatic rings. The van der Waals surface area contributed by atoms with Gasteiger partial charge in [-0.1, -0.05) is 0 Å². The third-order valence-corrected chi connectivity index (χ3v) is 3.97. The minimum absolute atomic E-state index is 0.651. The summed E-state index contributed by atoms with van der Waals surface area (Å²) >= 11 is 0. The quantitative estimate of drug-likeness (QED) is 0.687. The van der Waals surface area contributed by atoms with E-state index >= 15 is 0 Å². The first kappa shape index (κ1) is 19.8. The predicted molar refractivity (Wildman–Crippen MR) is 81.8 cm³/mol. The average Bonchev–Trinajstić information content (AvgIpc) is 2.86. The van der Waals surface area contributed by atoms with Crippen molar-refractivity contribution in [1.29, 1.82) is 0 Å². The number of hydrogen-bond donors (Lipinski definition) is 1. The van der Waals surface area contributed by atoms with Crippen molar-refractivity contribution in [2.75, 3.05) is 20.0 Å². The van der Waals surface area contributed by atoms with Gasteiger partial charge in [0.15, 0.2) is 5.60 Å². The third-order valence-electron chi connectivity index (χ3n) is 3.97. The van der Waals surface area contributed by atoms with E-state index in [-0.39, 0.29) is 0 Å². The van der Waals surface area contributed by atoms with Gasteiger partial charge in [-0.2, -0.15) is 0 Å². The summed E-state index contributed by atoms with van der Waals surface area (Å²) in [4.78, 5) is 47.7. The number of nitrogens with one attached hydrogen (secondary N) is 1. The molecule has 0 amide bonds. The first-order valence-corrected chi connectivity index (χ1v) is 7.66. The van der Waals surface area contributed by atoms with Crippen LogP contribution >= 0.6 is 0 Å². The summed E-state index contributed by atoms with van der Waals surface area (Å²) in [6.45, 7) is -0.927. The summed E-state index contributed by atoms with van der Waals surface area (Å²) in [6.07, 6.45) is -1.79. The molecule has 1 aliphatic heterocycles. The largest absolute Gasteiger partial charge is 0.463 e. The lowest BCUT2D eigenvalue weighted by Crippen LogP contribution is -2.50. The molecule has 11 heteroatoms. The predicted octanol–water partition coefficient (Wildman–Crippen LogP) is -0.146. The number of aromatic nitrogens is 2. The standard InChI is InChI=1S/C15H18F2N2O7/c1-8(20)24-7-15(6-17)12(25-9(2)21)10(5-16)13(26-15)19-4-3-11(22)18-14(19)23/h3-4,10,12-13H,5-7H2,1-2H3,(H,18,22,23)/t10-,12-,13+,15?/m0/s1. The lowest BCUT2D eigenvalue weighted by molar-refractivity contribution is -0.179. The molecule has 26 heavy (non-hydrogen) atoms. The van der Waals surface area contributed by atoms with Crippen LogP contribution < -0.4 is 11.2 Å². The van der Waals surface area contributed by atoms with Gasteiger partial charge in [-0.3, -0.25) is 28.3 Å². The lowest BCUT2D eigenvalue weighted by atomic mass is 9.91. The van der Waals surface area contributed by atoms with Gasteiger partial charge >= 0.3 is 17.6 Å². The number of rotatable bonds is 6. The Labute approximate surface area is 145 Å². The van der Waals surface area contributed by atoms with Gasteiger partial charge in [-0.25, -0.2) is 9.18 Å². The van der Waals surface area contributed by atoms with Crippen LogP contribution in [0.25, 0.3) is 0 Å². The normalized spacial score (nSPS) is 27.9. The molecule has 1 unspecified atom stereocenters. The molecule has 1 fully saturated rings. The Morgan fingerprint density at radius 3 is 2.50 bits per heavy atom. The van der Waals surface area contributed by atoms with Crippen LogP contribution in [-0.4, -0.2) is 53.2 Å². The highest BCUT2D eigenvalue weighted by Crippen LogP contribution is 2.43. The number of esters is 2. The average molecular weight is 376 g/mol. The van der Waals surface area contributed by atoms with Gasteiger partial charge in [0.25, 0.3) is 5.56 Å². The number of ether oxygens (including phenoxy) is 3. The van der Waals surface area contributed by atoms with Gasteiger partial charge in [0, 0.05) is 26.1 Å². The molecule has 0 aromatic carbocycles. The van der Waals surface area contributed by atoms with E-state index in [2.05, 4.69) is 0 Å². The molecular weight excluding hydrogens is 358 g/mol. The maximum Gasteiger partial charge on any atom is 0.330 e. The molecule has 9 nitrogen and oxygen atoms in total.